The summed E-state index contributed by atoms with van der Waals surface area (Å²) in [6.07, 6.45) is 13.4. The first-order chi connectivity index (χ1) is 17.2. The third kappa shape index (κ3) is 4.82. The van der Waals surface area contributed by atoms with Crippen LogP contribution in [0.4, 0.5) is 11.4 Å². The number of allylic oxidation sites excluding steroid dienone is 2. The van der Waals surface area contributed by atoms with Crippen LogP contribution in [-0.4, -0.2) is 0 Å². The Bertz CT molecular complexity index is 1280. The lowest BCUT2D eigenvalue weighted by Crippen LogP contribution is -2.24. The molecule has 176 valence electrons. The molecule has 2 aliphatic rings. The molecule has 0 saturated heterocycles. The Kier molecular flexibility index (Phi) is 6.87. The molecule has 0 aromatic heterocycles. The van der Waals surface area contributed by atoms with Gasteiger partial charge in [-0.05, 0) is 103 Å². The molecular weight excluding hydrogens is 424 g/mol. The van der Waals surface area contributed by atoms with Gasteiger partial charge in [0.1, 0.15) is 0 Å². The fourth-order valence-corrected chi connectivity index (χ4v) is 5.94. The van der Waals surface area contributed by atoms with Gasteiger partial charge in [0.05, 0.1) is 11.6 Å². The lowest BCUT2D eigenvalue weighted by Gasteiger charge is -2.32. The average molecular weight is 459 g/mol. The molecule has 5 rings (SSSR count). The molecule has 0 saturated carbocycles. The van der Waals surface area contributed by atoms with Crippen molar-refractivity contribution in [3.63, 3.8) is 0 Å². The standard InChI is InChI=1S/C33H34N2/c1-3-26-17-18-35(33-14-6-5-13-32(26)33)31-12-8-10-24(20-31)9-7-11-28-22-29-16-15-25(23-34)19-30(29)21-27(28)4-2/h4-6,8,10,12-20,26-28H,2-3,7,9,11,21-22H2,1H3. The van der Waals surface area contributed by atoms with E-state index in [2.05, 4.69) is 103 Å². The van der Waals surface area contributed by atoms with E-state index in [1.165, 1.54) is 46.5 Å². The maximum absolute atomic E-state index is 9.24. The molecule has 3 unspecified atom stereocenters. The predicted molar refractivity (Wildman–Crippen MR) is 146 cm³/mol. The van der Waals surface area contributed by atoms with Crippen molar-refractivity contribution in [1.29, 1.82) is 5.26 Å². The van der Waals surface area contributed by atoms with Crippen LogP contribution in [0.2, 0.25) is 0 Å². The lowest BCUT2D eigenvalue weighted by atomic mass is 9.73. The van der Waals surface area contributed by atoms with Crippen molar-refractivity contribution in [3.05, 3.63) is 119 Å². The summed E-state index contributed by atoms with van der Waals surface area (Å²) in [4.78, 5) is 2.34. The second-order valence-electron chi connectivity index (χ2n) is 10.0. The van der Waals surface area contributed by atoms with Gasteiger partial charge in [0.25, 0.3) is 0 Å². The molecule has 0 amide bonds. The summed E-state index contributed by atoms with van der Waals surface area (Å²) in [5.41, 5.74) is 8.86. The summed E-state index contributed by atoms with van der Waals surface area (Å²) in [7, 11) is 0. The van der Waals surface area contributed by atoms with Gasteiger partial charge in [-0.25, -0.2) is 0 Å². The second-order valence-corrected chi connectivity index (χ2v) is 10.0. The van der Waals surface area contributed by atoms with Crippen LogP contribution in [-0.2, 0) is 19.3 Å². The van der Waals surface area contributed by atoms with Crippen LogP contribution in [0.3, 0.4) is 0 Å². The summed E-state index contributed by atoms with van der Waals surface area (Å²) >= 11 is 0. The Morgan fingerprint density at radius 1 is 1.03 bits per heavy atom. The maximum atomic E-state index is 9.24. The van der Waals surface area contributed by atoms with E-state index in [1.807, 2.05) is 6.07 Å². The maximum Gasteiger partial charge on any atom is 0.0991 e. The highest BCUT2D eigenvalue weighted by Crippen LogP contribution is 2.39. The minimum Gasteiger partial charge on any atom is -0.317 e. The molecule has 35 heavy (non-hydrogen) atoms. The molecule has 0 bridgehead atoms. The minimum absolute atomic E-state index is 0.490. The number of hydrogen-bond acceptors (Lipinski definition) is 2. The number of nitriles is 1. The number of rotatable bonds is 7. The van der Waals surface area contributed by atoms with Crippen molar-refractivity contribution in [2.75, 3.05) is 4.90 Å². The van der Waals surface area contributed by atoms with Crippen LogP contribution < -0.4 is 4.90 Å². The summed E-state index contributed by atoms with van der Waals surface area (Å²) in [5.74, 6) is 1.61. The van der Waals surface area contributed by atoms with E-state index < -0.39 is 0 Å². The van der Waals surface area contributed by atoms with Gasteiger partial charge in [-0.2, -0.15) is 5.26 Å². The monoisotopic (exact) mass is 458 g/mol. The van der Waals surface area contributed by atoms with Crippen molar-refractivity contribution in [1.82, 2.24) is 0 Å². The smallest absolute Gasteiger partial charge is 0.0991 e. The van der Waals surface area contributed by atoms with Gasteiger partial charge in [-0.1, -0.05) is 55.5 Å². The molecule has 3 atom stereocenters. The Labute approximate surface area is 210 Å². The van der Waals surface area contributed by atoms with Crippen LogP contribution in [0.1, 0.15) is 59.9 Å². The molecule has 1 aliphatic carbocycles. The first kappa shape index (κ1) is 23.2. The topological polar surface area (TPSA) is 27.0 Å². The van der Waals surface area contributed by atoms with Crippen molar-refractivity contribution >= 4 is 11.4 Å². The molecular formula is C33H34N2. The Morgan fingerprint density at radius 2 is 1.91 bits per heavy atom. The number of anilines is 2. The van der Waals surface area contributed by atoms with E-state index in [0.29, 0.717) is 17.8 Å². The van der Waals surface area contributed by atoms with E-state index in [9.17, 15) is 5.26 Å². The molecule has 3 aromatic carbocycles. The highest BCUT2D eigenvalue weighted by atomic mass is 15.1. The van der Waals surface area contributed by atoms with Crippen LogP contribution in [0, 0.1) is 23.2 Å². The van der Waals surface area contributed by atoms with Gasteiger partial charge in [0, 0.05) is 23.5 Å². The molecule has 1 aliphatic heterocycles. The second kappa shape index (κ2) is 10.4. The van der Waals surface area contributed by atoms with Gasteiger partial charge >= 0.3 is 0 Å². The number of benzene rings is 3. The normalized spacial score (nSPS) is 20.6. The van der Waals surface area contributed by atoms with Crippen molar-refractivity contribution in [2.45, 2.75) is 51.4 Å². The van der Waals surface area contributed by atoms with Crippen LogP contribution >= 0.6 is 0 Å². The van der Waals surface area contributed by atoms with Gasteiger partial charge in [0.2, 0.25) is 0 Å². The first-order valence-electron chi connectivity index (χ1n) is 13.0. The molecule has 0 fully saturated rings. The molecule has 2 nitrogen and oxygen atoms in total. The zero-order chi connectivity index (χ0) is 24.2. The van der Waals surface area contributed by atoms with Gasteiger partial charge in [-0.15, -0.1) is 6.58 Å². The van der Waals surface area contributed by atoms with Crippen LogP contribution in [0.5, 0.6) is 0 Å². The zero-order valence-electron chi connectivity index (χ0n) is 20.7. The fraction of sp³-hybridized carbons (Fsp3) is 0.303. The van der Waals surface area contributed by atoms with E-state index in [4.69, 9.17) is 0 Å². The molecule has 0 spiro atoms. The highest BCUT2D eigenvalue weighted by molar-refractivity contribution is 5.72. The van der Waals surface area contributed by atoms with E-state index >= 15 is 0 Å². The lowest BCUT2D eigenvalue weighted by molar-refractivity contribution is 0.337. The number of fused-ring (bicyclic) bond motifs is 2. The van der Waals surface area contributed by atoms with Crippen molar-refractivity contribution < 1.29 is 0 Å². The summed E-state index contributed by atoms with van der Waals surface area (Å²) in [6, 6.07) is 26.3. The van der Waals surface area contributed by atoms with E-state index in [0.717, 1.165) is 31.2 Å². The Balaban J connectivity index is 1.26. The number of hydrogen-bond donors (Lipinski definition) is 0. The summed E-state index contributed by atoms with van der Waals surface area (Å²) in [5, 5.41) is 9.24. The highest BCUT2D eigenvalue weighted by Gasteiger charge is 2.26. The first-order valence-corrected chi connectivity index (χ1v) is 13.0. The van der Waals surface area contributed by atoms with Gasteiger partial charge in [-0.3, -0.25) is 0 Å². The largest absolute Gasteiger partial charge is 0.317 e. The summed E-state index contributed by atoms with van der Waals surface area (Å²) in [6.45, 7) is 6.39. The number of aryl methyl sites for hydroxylation is 1. The molecule has 1 heterocycles. The molecule has 0 radical (unpaired) electrons. The quantitative estimate of drug-likeness (QED) is 0.333. The molecule has 0 N–H and O–H groups in total. The van der Waals surface area contributed by atoms with Crippen molar-refractivity contribution in [3.8, 4) is 6.07 Å². The Morgan fingerprint density at radius 3 is 2.74 bits per heavy atom. The number of nitrogens with zero attached hydrogens (tertiary/aromatic N) is 2. The van der Waals surface area contributed by atoms with Crippen LogP contribution in [0.25, 0.3) is 0 Å². The van der Waals surface area contributed by atoms with E-state index in [-0.39, 0.29) is 0 Å². The number of para-hydroxylation sites is 1. The van der Waals surface area contributed by atoms with E-state index in [1.54, 1.807) is 0 Å². The Hall–Kier alpha value is -3.57. The fourth-order valence-electron chi connectivity index (χ4n) is 5.94. The van der Waals surface area contributed by atoms with Crippen molar-refractivity contribution in [2.24, 2.45) is 11.8 Å². The molecule has 2 heteroatoms. The third-order valence-corrected chi connectivity index (χ3v) is 7.91. The predicted octanol–water partition coefficient (Wildman–Crippen LogP) is 8.26. The SMILES string of the molecule is C=CC1Cc2cc(C#N)ccc2CC1CCCc1cccc(N2C=CC(CC)c3ccccc32)c1. The average Bonchev–Trinajstić information content (AvgIpc) is 2.91. The van der Waals surface area contributed by atoms with Crippen LogP contribution in [0.15, 0.2) is 91.7 Å². The minimum atomic E-state index is 0.490. The third-order valence-electron chi connectivity index (χ3n) is 7.91. The molecule has 3 aromatic rings. The van der Waals surface area contributed by atoms with Gasteiger partial charge in [0.15, 0.2) is 0 Å². The zero-order valence-corrected chi connectivity index (χ0v) is 20.7. The summed E-state index contributed by atoms with van der Waals surface area (Å²) < 4.78 is 0. The van der Waals surface area contributed by atoms with Gasteiger partial charge < -0.3 is 4.90 Å².